The predicted molar refractivity (Wildman–Crippen MR) is 75.5 cm³/mol. The molecule has 3 rings (SSSR count). The van der Waals surface area contributed by atoms with E-state index in [0.29, 0.717) is 11.4 Å². The standard InChI is InChI=1S/C13H15N7O/c1-7-10-4-9(5-14-12(10)20(3)19-7)13(21)17-8(2)11-15-6-16-18-11/h4-6,8H,1-3H3,(H,17,21)(H,15,16,18). The van der Waals surface area contributed by atoms with Crippen molar-refractivity contribution in [2.24, 2.45) is 7.05 Å². The maximum Gasteiger partial charge on any atom is 0.253 e. The lowest BCUT2D eigenvalue weighted by Gasteiger charge is -2.10. The molecule has 2 N–H and O–H groups in total. The Labute approximate surface area is 120 Å². The molecule has 0 saturated heterocycles. The van der Waals surface area contributed by atoms with Gasteiger partial charge in [0.25, 0.3) is 5.91 Å². The van der Waals surface area contributed by atoms with Gasteiger partial charge in [-0.05, 0) is 19.9 Å². The summed E-state index contributed by atoms with van der Waals surface area (Å²) >= 11 is 0. The van der Waals surface area contributed by atoms with Crippen LogP contribution in [0.5, 0.6) is 0 Å². The lowest BCUT2D eigenvalue weighted by atomic mass is 10.2. The molecule has 3 aromatic rings. The van der Waals surface area contributed by atoms with Crippen molar-refractivity contribution in [3.05, 3.63) is 35.7 Å². The summed E-state index contributed by atoms with van der Waals surface area (Å²) in [5.74, 6) is 0.395. The second-order valence-corrected chi connectivity index (χ2v) is 4.87. The molecule has 0 aliphatic heterocycles. The second-order valence-electron chi connectivity index (χ2n) is 4.87. The topological polar surface area (TPSA) is 101 Å². The fourth-order valence-corrected chi connectivity index (χ4v) is 2.20. The van der Waals surface area contributed by atoms with Crippen LogP contribution in [-0.4, -0.2) is 35.9 Å². The van der Waals surface area contributed by atoms with Crippen molar-refractivity contribution in [3.63, 3.8) is 0 Å². The normalized spacial score (nSPS) is 12.5. The maximum atomic E-state index is 12.3. The first kappa shape index (κ1) is 13.2. The van der Waals surface area contributed by atoms with Crippen LogP contribution in [0.4, 0.5) is 0 Å². The third kappa shape index (κ3) is 2.35. The van der Waals surface area contributed by atoms with Crippen LogP contribution in [0.2, 0.25) is 0 Å². The molecule has 0 spiro atoms. The van der Waals surface area contributed by atoms with Gasteiger partial charge >= 0.3 is 0 Å². The molecular weight excluding hydrogens is 270 g/mol. The summed E-state index contributed by atoms with van der Waals surface area (Å²) in [6, 6.07) is 1.54. The Balaban J connectivity index is 1.86. The van der Waals surface area contributed by atoms with Crippen molar-refractivity contribution in [2.75, 3.05) is 0 Å². The quantitative estimate of drug-likeness (QED) is 0.744. The number of hydrogen-bond acceptors (Lipinski definition) is 5. The highest BCUT2D eigenvalue weighted by molar-refractivity contribution is 5.97. The number of fused-ring (bicyclic) bond motifs is 1. The highest BCUT2D eigenvalue weighted by atomic mass is 16.1. The number of nitrogens with one attached hydrogen (secondary N) is 2. The molecule has 8 heteroatoms. The zero-order valence-electron chi connectivity index (χ0n) is 12.0. The number of H-pyrrole nitrogens is 1. The van der Waals surface area contributed by atoms with Crippen LogP contribution in [0.1, 0.15) is 34.8 Å². The number of aryl methyl sites for hydroxylation is 2. The maximum absolute atomic E-state index is 12.3. The first-order chi connectivity index (χ1) is 10.1. The van der Waals surface area contributed by atoms with Crippen molar-refractivity contribution in [3.8, 4) is 0 Å². The molecule has 1 unspecified atom stereocenters. The Morgan fingerprint density at radius 2 is 2.24 bits per heavy atom. The van der Waals surface area contributed by atoms with Gasteiger partial charge in [0, 0.05) is 18.6 Å². The van der Waals surface area contributed by atoms with E-state index < -0.39 is 0 Å². The fraction of sp³-hybridized carbons (Fsp3) is 0.308. The van der Waals surface area contributed by atoms with E-state index in [4.69, 9.17) is 0 Å². The smallest absolute Gasteiger partial charge is 0.253 e. The Morgan fingerprint density at radius 1 is 1.43 bits per heavy atom. The lowest BCUT2D eigenvalue weighted by molar-refractivity contribution is 0.0938. The van der Waals surface area contributed by atoms with Gasteiger partial charge in [0.2, 0.25) is 0 Å². The van der Waals surface area contributed by atoms with Crippen LogP contribution < -0.4 is 5.32 Å². The number of carbonyl (C=O) groups is 1. The van der Waals surface area contributed by atoms with E-state index in [9.17, 15) is 4.79 Å². The van der Waals surface area contributed by atoms with Crippen LogP contribution >= 0.6 is 0 Å². The first-order valence-electron chi connectivity index (χ1n) is 6.51. The Morgan fingerprint density at radius 3 is 2.95 bits per heavy atom. The molecule has 0 aliphatic rings. The van der Waals surface area contributed by atoms with E-state index in [1.54, 1.807) is 16.9 Å². The third-order valence-corrected chi connectivity index (χ3v) is 3.32. The molecule has 1 atom stereocenters. The molecule has 3 aromatic heterocycles. The number of nitrogens with zero attached hydrogens (tertiary/aromatic N) is 5. The second kappa shape index (κ2) is 4.97. The number of aromatic nitrogens is 6. The number of carbonyl (C=O) groups excluding carboxylic acids is 1. The summed E-state index contributed by atoms with van der Waals surface area (Å²) in [4.78, 5) is 20.6. The van der Waals surface area contributed by atoms with Gasteiger partial charge < -0.3 is 5.32 Å². The van der Waals surface area contributed by atoms with Crippen LogP contribution in [0.15, 0.2) is 18.6 Å². The molecule has 1 amide bonds. The van der Waals surface area contributed by atoms with Gasteiger partial charge in [-0.15, -0.1) is 0 Å². The van der Waals surface area contributed by atoms with Crippen molar-refractivity contribution in [1.29, 1.82) is 0 Å². The van der Waals surface area contributed by atoms with E-state index >= 15 is 0 Å². The predicted octanol–water partition coefficient (Wildman–Crippen LogP) is 0.886. The van der Waals surface area contributed by atoms with E-state index in [1.165, 1.54) is 6.33 Å². The fourth-order valence-electron chi connectivity index (χ4n) is 2.20. The van der Waals surface area contributed by atoms with Crippen molar-refractivity contribution in [2.45, 2.75) is 19.9 Å². The molecule has 0 aliphatic carbocycles. The van der Waals surface area contributed by atoms with Gasteiger partial charge in [-0.2, -0.15) is 10.2 Å². The summed E-state index contributed by atoms with van der Waals surface area (Å²) in [6.45, 7) is 3.72. The molecule has 0 bridgehead atoms. The van der Waals surface area contributed by atoms with Crippen molar-refractivity contribution in [1.82, 2.24) is 35.3 Å². The van der Waals surface area contributed by atoms with E-state index in [1.807, 2.05) is 20.9 Å². The monoisotopic (exact) mass is 285 g/mol. The van der Waals surface area contributed by atoms with Gasteiger partial charge in [0.15, 0.2) is 5.65 Å². The van der Waals surface area contributed by atoms with Gasteiger partial charge in [0.05, 0.1) is 17.3 Å². The van der Waals surface area contributed by atoms with Gasteiger partial charge in [-0.1, -0.05) is 0 Å². The van der Waals surface area contributed by atoms with Crippen LogP contribution in [0.25, 0.3) is 11.0 Å². The first-order valence-corrected chi connectivity index (χ1v) is 6.51. The number of amides is 1. The minimum Gasteiger partial charge on any atom is -0.342 e. The SMILES string of the molecule is Cc1nn(C)c2ncc(C(=O)NC(C)c3ncn[nH]3)cc12. The van der Waals surface area contributed by atoms with Crippen LogP contribution in [0.3, 0.4) is 0 Å². The molecule has 0 saturated carbocycles. The molecule has 8 nitrogen and oxygen atoms in total. The zero-order chi connectivity index (χ0) is 15.0. The van der Waals surface area contributed by atoms with E-state index in [-0.39, 0.29) is 11.9 Å². The molecule has 0 aromatic carbocycles. The molecule has 3 heterocycles. The summed E-state index contributed by atoms with van der Waals surface area (Å²) < 4.78 is 1.70. The van der Waals surface area contributed by atoms with Crippen molar-refractivity contribution >= 4 is 16.9 Å². The highest BCUT2D eigenvalue weighted by Crippen LogP contribution is 2.17. The number of aromatic amines is 1. The highest BCUT2D eigenvalue weighted by Gasteiger charge is 2.15. The van der Waals surface area contributed by atoms with Gasteiger partial charge in [0.1, 0.15) is 12.2 Å². The Hall–Kier alpha value is -2.77. The average Bonchev–Trinajstić information content (AvgIpc) is 3.08. The largest absolute Gasteiger partial charge is 0.342 e. The summed E-state index contributed by atoms with van der Waals surface area (Å²) in [5.41, 5.74) is 2.09. The number of pyridine rings is 1. The third-order valence-electron chi connectivity index (χ3n) is 3.32. The summed E-state index contributed by atoms with van der Waals surface area (Å²) in [6.07, 6.45) is 2.95. The van der Waals surface area contributed by atoms with Crippen LogP contribution in [-0.2, 0) is 7.05 Å². The lowest BCUT2D eigenvalue weighted by Crippen LogP contribution is -2.27. The Bertz CT molecular complexity index is 790. The van der Waals surface area contributed by atoms with Gasteiger partial charge in [-0.3, -0.25) is 14.6 Å². The van der Waals surface area contributed by atoms with Crippen molar-refractivity contribution < 1.29 is 4.79 Å². The summed E-state index contributed by atoms with van der Waals surface area (Å²) in [7, 11) is 1.83. The number of rotatable bonds is 3. The molecule has 0 radical (unpaired) electrons. The minimum absolute atomic E-state index is 0.212. The number of hydrogen-bond donors (Lipinski definition) is 2. The van der Waals surface area contributed by atoms with E-state index in [0.717, 1.165) is 16.7 Å². The minimum atomic E-state index is -0.259. The molecule has 0 fully saturated rings. The zero-order valence-corrected chi connectivity index (χ0v) is 12.0. The summed E-state index contributed by atoms with van der Waals surface area (Å²) in [5, 5.41) is 14.5. The van der Waals surface area contributed by atoms with Gasteiger partial charge in [-0.25, -0.2) is 9.97 Å². The van der Waals surface area contributed by atoms with E-state index in [2.05, 4.69) is 30.6 Å². The molecule has 21 heavy (non-hydrogen) atoms. The molecular formula is C13H15N7O. The van der Waals surface area contributed by atoms with Crippen LogP contribution in [0, 0.1) is 6.92 Å². The average molecular weight is 285 g/mol. The molecule has 108 valence electrons. The Kier molecular flexibility index (Phi) is 3.13.